The molecule has 3 heterocycles. The van der Waals surface area contributed by atoms with Crippen LogP contribution in [0.25, 0.3) is 5.82 Å². The van der Waals surface area contributed by atoms with Gasteiger partial charge in [-0.15, -0.1) is 0 Å². The number of nitrogens with one attached hydrogen (secondary N) is 1. The van der Waals surface area contributed by atoms with Crippen molar-refractivity contribution in [2.75, 3.05) is 38.1 Å². The maximum atomic E-state index is 13.0. The lowest BCUT2D eigenvalue weighted by atomic mass is 10.1. The highest BCUT2D eigenvalue weighted by atomic mass is 16.5. The summed E-state index contributed by atoms with van der Waals surface area (Å²) >= 11 is 0. The Balaban J connectivity index is 1.54. The molecule has 10 heteroatoms. The van der Waals surface area contributed by atoms with E-state index in [9.17, 15) is 9.59 Å². The van der Waals surface area contributed by atoms with Gasteiger partial charge < -0.3 is 24.4 Å². The van der Waals surface area contributed by atoms with E-state index >= 15 is 0 Å². The second-order valence-corrected chi connectivity index (χ2v) is 7.10. The number of aromatic nitrogens is 3. The normalized spacial score (nSPS) is 15.5. The number of nitrogens with zero attached hydrogens (tertiary/aromatic N) is 4. The van der Waals surface area contributed by atoms with Crippen LogP contribution in [0.3, 0.4) is 0 Å². The Morgan fingerprint density at radius 1 is 1.09 bits per heavy atom. The van der Waals surface area contributed by atoms with Gasteiger partial charge in [0.05, 0.1) is 38.6 Å². The van der Waals surface area contributed by atoms with E-state index in [1.54, 1.807) is 58.5 Å². The summed E-state index contributed by atoms with van der Waals surface area (Å²) in [6.07, 6.45) is 5.08. The van der Waals surface area contributed by atoms with Crippen molar-refractivity contribution in [1.82, 2.24) is 14.8 Å². The smallest absolute Gasteiger partial charge is 0.229 e. The van der Waals surface area contributed by atoms with Gasteiger partial charge >= 0.3 is 0 Å². The molecule has 1 aromatic carbocycles. The molecule has 1 N–H and O–H groups in total. The largest absolute Gasteiger partial charge is 0.493 e. The Bertz CT molecular complexity index is 1110. The zero-order valence-electron chi connectivity index (χ0n) is 17.9. The zero-order valence-corrected chi connectivity index (χ0v) is 17.9. The first-order valence-corrected chi connectivity index (χ1v) is 9.92. The third-order valence-electron chi connectivity index (χ3n) is 5.22. The average Bonchev–Trinajstić information content (AvgIpc) is 3.48. The van der Waals surface area contributed by atoms with E-state index < -0.39 is 5.92 Å². The topological polar surface area (TPSA) is 108 Å². The van der Waals surface area contributed by atoms with Crippen molar-refractivity contribution in [3.63, 3.8) is 0 Å². The summed E-state index contributed by atoms with van der Waals surface area (Å²) < 4.78 is 17.7. The molecule has 2 aromatic heterocycles. The van der Waals surface area contributed by atoms with Crippen LogP contribution in [0.1, 0.15) is 6.42 Å². The van der Waals surface area contributed by atoms with E-state index in [0.717, 1.165) is 0 Å². The van der Waals surface area contributed by atoms with Crippen molar-refractivity contribution in [3.8, 4) is 23.1 Å². The van der Waals surface area contributed by atoms with Gasteiger partial charge in [0.1, 0.15) is 0 Å². The van der Waals surface area contributed by atoms with Gasteiger partial charge in [-0.05, 0) is 18.2 Å². The number of hydrogen-bond donors (Lipinski definition) is 1. The minimum Gasteiger partial charge on any atom is -0.493 e. The van der Waals surface area contributed by atoms with Crippen LogP contribution in [-0.2, 0) is 9.59 Å². The van der Waals surface area contributed by atoms with Crippen LogP contribution in [-0.4, -0.2) is 54.5 Å². The molecule has 166 valence electrons. The zero-order chi connectivity index (χ0) is 22.7. The highest BCUT2D eigenvalue weighted by Gasteiger charge is 2.36. The number of rotatable bonds is 7. The van der Waals surface area contributed by atoms with Gasteiger partial charge in [-0.25, -0.2) is 9.67 Å². The molecule has 1 fully saturated rings. The van der Waals surface area contributed by atoms with Crippen LogP contribution < -0.4 is 24.4 Å². The number of amides is 2. The van der Waals surface area contributed by atoms with Gasteiger partial charge in [-0.3, -0.25) is 9.59 Å². The van der Waals surface area contributed by atoms with E-state index in [4.69, 9.17) is 14.2 Å². The fourth-order valence-electron chi connectivity index (χ4n) is 3.66. The summed E-state index contributed by atoms with van der Waals surface area (Å²) in [5, 5.41) is 7.06. The summed E-state index contributed by atoms with van der Waals surface area (Å²) in [5.74, 6) is 0.822. The van der Waals surface area contributed by atoms with E-state index in [1.807, 2.05) is 0 Å². The van der Waals surface area contributed by atoms with Gasteiger partial charge in [0.25, 0.3) is 0 Å². The number of ether oxygens (including phenoxy) is 3. The van der Waals surface area contributed by atoms with Gasteiger partial charge in [0, 0.05) is 43.7 Å². The van der Waals surface area contributed by atoms with Crippen molar-refractivity contribution >= 4 is 23.2 Å². The van der Waals surface area contributed by atoms with Crippen LogP contribution in [0.5, 0.6) is 17.2 Å². The lowest BCUT2D eigenvalue weighted by Gasteiger charge is -2.20. The summed E-state index contributed by atoms with van der Waals surface area (Å²) in [4.78, 5) is 31.6. The molecule has 1 aliphatic heterocycles. The minimum absolute atomic E-state index is 0.0832. The molecule has 4 rings (SSSR count). The fourth-order valence-corrected chi connectivity index (χ4v) is 3.66. The van der Waals surface area contributed by atoms with Crippen molar-refractivity contribution < 1.29 is 23.8 Å². The maximum Gasteiger partial charge on any atom is 0.229 e. The van der Waals surface area contributed by atoms with E-state index in [1.165, 1.54) is 21.3 Å². The molecular formula is C22H23N5O5. The van der Waals surface area contributed by atoms with Crippen molar-refractivity contribution in [2.24, 2.45) is 5.92 Å². The molecule has 0 saturated carbocycles. The molecule has 1 atom stereocenters. The van der Waals surface area contributed by atoms with Gasteiger partial charge in [-0.2, -0.15) is 5.10 Å². The van der Waals surface area contributed by atoms with Gasteiger partial charge in [-0.1, -0.05) is 0 Å². The highest BCUT2D eigenvalue weighted by Crippen LogP contribution is 2.42. The van der Waals surface area contributed by atoms with Gasteiger partial charge in [0.15, 0.2) is 17.3 Å². The molecular weight excluding hydrogens is 414 g/mol. The van der Waals surface area contributed by atoms with Crippen molar-refractivity contribution in [3.05, 3.63) is 48.9 Å². The Labute approximate surface area is 184 Å². The first-order valence-electron chi connectivity index (χ1n) is 9.92. The highest BCUT2D eigenvalue weighted by molar-refractivity contribution is 6.04. The molecule has 32 heavy (non-hydrogen) atoms. The van der Waals surface area contributed by atoms with Crippen molar-refractivity contribution in [1.29, 1.82) is 0 Å². The Morgan fingerprint density at radius 2 is 1.84 bits per heavy atom. The van der Waals surface area contributed by atoms with Crippen LogP contribution >= 0.6 is 0 Å². The number of hydrogen-bond acceptors (Lipinski definition) is 7. The first-order chi connectivity index (χ1) is 15.5. The maximum absolute atomic E-state index is 13.0. The molecule has 10 nitrogen and oxygen atoms in total. The van der Waals surface area contributed by atoms with Crippen molar-refractivity contribution in [2.45, 2.75) is 6.42 Å². The predicted molar refractivity (Wildman–Crippen MR) is 117 cm³/mol. The first kappa shape index (κ1) is 21.2. The summed E-state index contributed by atoms with van der Waals surface area (Å²) in [5.41, 5.74) is 1.08. The lowest BCUT2D eigenvalue weighted by Crippen LogP contribution is -2.28. The van der Waals surface area contributed by atoms with Crippen LogP contribution in [0, 0.1) is 5.92 Å². The van der Waals surface area contributed by atoms with E-state index in [-0.39, 0.29) is 24.8 Å². The molecule has 1 saturated heterocycles. The Kier molecular flexibility index (Phi) is 5.93. The number of anilines is 2. The summed E-state index contributed by atoms with van der Waals surface area (Å²) in [6.45, 7) is 0.223. The molecule has 3 aromatic rings. The van der Waals surface area contributed by atoms with Crippen LogP contribution in [0.15, 0.2) is 48.9 Å². The number of carbonyl (C=O) groups excluding carboxylic acids is 2. The summed E-state index contributed by atoms with van der Waals surface area (Å²) in [7, 11) is 4.53. The van der Waals surface area contributed by atoms with Crippen LogP contribution in [0.2, 0.25) is 0 Å². The molecule has 0 bridgehead atoms. The molecule has 2 amide bonds. The molecule has 0 radical (unpaired) electrons. The minimum atomic E-state index is -0.535. The third kappa shape index (κ3) is 3.94. The number of carbonyl (C=O) groups is 2. The average molecular weight is 437 g/mol. The fraction of sp³-hybridized carbons (Fsp3) is 0.273. The Hall–Kier alpha value is -4.08. The summed E-state index contributed by atoms with van der Waals surface area (Å²) in [6, 6.07) is 8.62. The van der Waals surface area contributed by atoms with Gasteiger partial charge in [0.2, 0.25) is 17.6 Å². The molecule has 0 spiro atoms. The Morgan fingerprint density at radius 3 is 2.47 bits per heavy atom. The van der Waals surface area contributed by atoms with Crippen LogP contribution in [0.4, 0.5) is 11.4 Å². The second kappa shape index (κ2) is 8.96. The van der Waals surface area contributed by atoms with E-state index in [0.29, 0.717) is 34.4 Å². The van der Waals surface area contributed by atoms with E-state index in [2.05, 4.69) is 15.4 Å². The number of benzene rings is 1. The molecule has 0 aliphatic carbocycles. The number of pyridine rings is 1. The second-order valence-electron chi connectivity index (χ2n) is 7.10. The standard InChI is InChI=1S/C22H23N5O5/c1-30-17-11-15(12-18(31-2)20(17)32-3)26-13-14(10-19(26)28)22(29)25-16-6-4-7-23-21(16)27-9-5-8-24-27/h4-9,11-12,14H,10,13H2,1-3H3,(H,25,29)/t14-/m0/s1. The molecule has 1 aliphatic rings. The quantitative estimate of drug-likeness (QED) is 0.604. The monoisotopic (exact) mass is 437 g/mol. The number of methoxy groups -OCH3 is 3. The third-order valence-corrected chi connectivity index (χ3v) is 5.22. The SMILES string of the molecule is COc1cc(N2C[C@@H](C(=O)Nc3cccnc3-n3cccn3)CC2=O)cc(OC)c1OC. The molecule has 0 unspecified atom stereocenters. The predicted octanol–water partition coefficient (Wildman–Crippen LogP) is 2.28. The lowest BCUT2D eigenvalue weighted by molar-refractivity contribution is -0.122.